The van der Waals surface area contributed by atoms with Crippen molar-refractivity contribution in [2.75, 3.05) is 14.2 Å². The minimum Gasteiger partial charge on any atom is -0.493 e. The van der Waals surface area contributed by atoms with Gasteiger partial charge in [-0.2, -0.15) is 0 Å². The van der Waals surface area contributed by atoms with Crippen LogP contribution in [0.1, 0.15) is 24.5 Å². The van der Waals surface area contributed by atoms with Crippen LogP contribution >= 0.6 is 0 Å². The smallest absolute Gasteiger partial charge is 0.161 e. The second-order valence-electron chi connectivity index (χ2n) is 5.49. The summed E-state index contributed by atoms with van der Waals surface area (Å²) in [4.78, 5) is 0. The number of hydrogen-bond donors (Lipinski definition) is 1. The molecule has 1 N–H and O–H groups in total. The highest BCUT2D eigenvalue weighted by Crippen LogP contribution is 2.26. The van der Waals surface area contributed by atoms with Gasteiger partial charge in [0.2, 0.25) is 0 Å². The zero-order chi connectivity index (χ0) is 15.8. The molecule has 1 atom stereocenters. The molecule has 0 amide bonds. The Bertz CT molecular complexity index is 583. The summed E-state index contributed by atoms with van der Waals surface area (Å²) in [6.45, 7) is 2.75. The van der Waals surface area contributed by atoms with Crippen molar-refractivity contribution in [1.29, 1.82) is 0 Å². The van der Waals surface area contributed by atoms with E-state index < -0.39 is 0 Å². The Morgan fingerprint density at radius 1 is 1.00 bits per heavy atom. The van der Waals surface area contributed by atoms with Gasteiger partial charge in [0.1, 0.15) is 6.61 Å². The van der Waals surface area contributed by atoms with E-state index in [2.05, 4.69) is 36.5 Å². The third kappa shape index (κ3) is 4.78. The number of benzene rings is 2. The van der Waals surface area contributed by atoms with Gasteiger partial charge >= 0.3 is 0 Å². The predicted octanol–water partition coefficient (Wildman–Crippen LogP) is 3.81. The molecule has 0 heterocycles. The average molecular weight is 299 g/mol. The number of methoxy groups -OCH3 is 1. The molecule has 0 aliphatic carbocycles. The standard InChI is InChI=1S/C19H25NO2/c1-15(20-2)11-12-16-7-6-8-17(13-16)14-22-19-10-5-4-9-18(19)21-3/h4-10,13,15,20H,11-12,14H2,1-3H3. The van der Waals surface area contributed by atoms with E-state index >= 15 is 0 Å². The number of para-hydroxylation sites is 2. The molecule has 0 aromatic heterocycles. The van der Waals surface area contributed by atoms with E-state index in [4.69, 9.17) is 9.47 Å². The number of rotatable bonds is 8. The molecule has 118 valence electrons. The first-order valence-electron chi connectivity index (χ1n) is 7.74. The van der Waals surface area contributed by atoms with E-state index in [9.17, 15) is 0 Å². The summed E-state index contributed by atoms with van der Waals surface area (Å²) >= 11 is 0. The molecule has 0 spiro atoms. The summed E-state index contributed by atoms with van der Waals surface area (Å²) in [7, 11) is 3.66. The van der Waals surface area contributed by atoms with Gasteiger partial charge in [0.25, 0.3) is 0 Å². The maximum atomic E-state index is 5.88. The summed E-state index contributed by atoms with van der Waals surface area (Å²) in [6.07, 6.45) is 2.21. The molecular weight excluding hydrogens is 274 g/mol. The molecule has 2 aromatic rings. The molecule has 0 aliphatic rings. The van der Waals surface area contributed by atoms with Crippen molar-refractivity contribution in [2.24, 2.45) is 0 Å². The van der Waals surface area contributed by atoms with Gasteiger partial charge < -0.3 is 14.8 Å². The van der Waals surface area contributed by atoms with E-state index in [1.165, 1.54) is 11.1 Å². The van der Waals surface area contributed by atoms with Gasteiger partial charge in [-0.05, 0) is 50.1 Å². The Kier molecular flexibility index (Phi) is 6.28. The summed E-state index contributed by atoms with van der Waals surface area (Å²) in [6, 6.07) is 16.9. The Morgan fingerprint density at radius 3 is 2.45 bits per heavy atom. The maximum absolute atomic E-state index is 5.88. The number of hydrogen-bond acceptors (Lipinski definition) is 3. The van der Waals surface area contributed by atoms with E-state index in [0.717, 1.165) is 24.3 Å². The molecule has 0 aliphatic heterocycles. The van der Waals surface area contributed by atoms with Crippen LogP contribution in [0, 0.1) is 0 Å². The van der Waals surface area contributed by atoms with Gasteiger partial charge in [0.15, 0.2) is 11.5 Å². The minimum atomic E-state index is 0.536. The third-order valence-corrected chi connectivity index (χ3v) is 3.81. The molecule has 0 saturated carbocycles. The second-order valence-corrected chi connectivity index (χ2v) is 5.49. The van der Waals surface area contributed by atoms with Crippen molar-refractivity contribution in [3.8, 4) is 11.5 Å². The van der Waals surface area contributed by atoms with Gasteiger partial charge in [0, 0.05) is 6.04 Å². The van der Waals surface area contributed by atoms with Crippen molar-refractivity contribution >= 4 is 0 Å². The molecule has 3 heteroatoms. The van der Waals surface area contributed by atoms with E-state index in [1.807, 2.05) is 31.3 Å². The first-order chi connectivity index (χ1) is 10.7. The van der Waals surface area contributed by atoms with Gasteiger partial charge in [-0.1, -0.05) is 36.4 Å². The van der Waals surface area contributed by atoms with E-state index in [-0.39, 0.29) is 0 Å². The monoisotopic (exact) mass is 299 g/mol. The minimum absolute atomic E-state index is 0.536. The van der Waals surface area contributed by atoms with Gasteiger partial charge in [-0.15, -0.1) is 0 Å². The first kappa shape index (κ1) is 16.4. The van der Waals surface area contributed by atoms with Gasteiger partial charge in [0.05, 0.1) is 7.11 Å². The van der Waals surface area contributed by atoms with E-state index in [1.54, 1.807) is 7.11 Å². The lowest BCUT2D eigenvalue weighted by Crippen LogP contribution is -2.21. The number of aryl methyl sites for hydroxylation is 1. The number of nitrogens with one attached hydrogen (secondary N) is 1. The lowest BCUT2D eigenvalue weighted by Gasteiger charge is -2.12. The zero-order valence-corrected chi connectivity index (χ0v) is 13.6. The van der Waals surface area contributed by atoms with E-state index in [0.29, 0.717) is 12.6 Å². The van der Waals surface area contributed by atoms with Crippen LogP contribution in [0.25, 0.3) is 0 Å². The maximum Gasteiger partial charge on any atom is 0.161 e. The quantitative estimate of drug-likeness (QED) is 0.804. The van der Waals surface area contributed by atoms with Crippen molar-refractivity contribution in [3.63, 3.8) is 0 Å². The third-order valence-electron chi connectivity index (χ3n) is 3.81. The molecule has 2 rings (SSSR count). The second kappa shape index (κ2) is 8.44. The summed E-state index contributed by atoms with van der Waals surface area (Å²) in [5.41, 5.74) is 2.53. The van der Waals surface area contributed by atoms with Gasteiger partial charge in [-0.3, -0.25) is 0 Å². The fourth-order valence-electron chi connectivity index (χ4n) is 2.30. The van der Waals surface area contributed by atoms with Crippen molar-refractivity contribution in [1.82, 2.24) is 5.32 Å². The topological polar surface area (TPSA) is 30.5 Å². The lowest BCUT2D eigenvalue weighted by molar-refractivity contribution is 0.284. The molecular formula is C19H25NO2. The first-order valence-corrected chi connectivity index (χ1v) is 7.74. The Balaban J connectivity index is 1.95. The van der Waals surface area contributed by atoms with Crippen LogP contribution in [-0.2, 0) is 13.0 Å². The van der Waals surface area contributed by atoms with Crippen LogP contribution in [0.3, 0.4) is 0 Å². The normalized spacial score (nSPS) is 12.0. The van der Waals surface area contributed by atoms with Crippen LogP contribution in [0.5, 0.6) is 11.5 Å². The summed E-state index contributed by atoms with van der Waals surface area (Å²) in [5.74, 6) is 1.54. The van der Waals surface area contributed by atoms with Crippen molar-refractivity contribution in [3.05, 3.63) is 59.7 Å². The molecule has 22 heavy (non-hydrogen) atoms. The van der Waals surface area contributed by atoms with Crippen LogP contribution < -0.4 is 14.8 Å². The van der Waals surface area contributed by atoms with Gasteiger partial charge in [-0.25, -0.2) is 0 Å². The zero-order valence-electron chi connectivity index (χ0n) is 13.6. The highest BCUT2D eigenvalue weighted by molar-refractivity contribution is 5.39. The van der Waals surface area contributed by atoms with Crippen LogP contribution in [0.15, 0.2) is 48.5 Å². The van der Waals surface area contributed by atoms with Crippen molar-refractivity contribution < 1.29 is 9.47 Å². The lowest BCUT2D eigenvalue weighted by atomic mass is 10.0. The van der Waals surface area contributed by atoms with Crippen LogP contribution in [0.2, 0.25) is 0 Å². The number of ether oxygens (including phenoxy) is 2. The highest BCUT2D eigenvalue weighted by Gasteiger charge is 2.04. The average Bonchev–Trinajstić information content (AvgIpc) is 2.58. The highest BCUT2D eigenvalue weighted by atomic mass is 16.5. The predicted molar refractivity (Wildman–Crippen MR) is 90.6 cm³/mol. The fraction of sp³-hybridized carbons (Fsp3) is 0.368. The fourth-order valence-corrected chi connectivity index (χ4v) is 2.30. The molecule has 0 radical (unpaired) electrons. The molecule has 1 unspecified atom stereocenters. The molecule has 0 fully saturated rings. The summed E-state index contributed by atoms with van der Waals surface area (Å²) < 4.78 is 11.2. The molecule has 3 nitrogen and oxygen atoms in total. The summed E-state index contributed by atoms with van der Waals surface area (Å²) in [5, 5.41) is 3.27. The van der Waals surface area contributed by atoms with Crippen LogP contribution in [0.4, 0.5) is 0 Å². The van der Waals surface area contributed by atoms with Crippen molar-refractivity contribution in [2.45, 2.75) is 32.4 Å². The SMILES string of the molecule is CNC(C)CCc1cccc(COc2ccccc2OC)c1. The molecule has 0 bridgehead atoms. The van der Waals surface area contributed by atoms with Crippen LogP contribution in [-0.4, -0.2) is 20.2 Å². The Hall–Kier alpha value is -2.00. The Labute approximate surface area is 133 Å². The molecule has 2 aromatic carbocycles. The molecule has 0 saturated heterocycles. The largest absolute Gasteiger partial charge is 0.493 e. The Morgan fingerprint density at radius 2 is 1.73 bits per heavy atom.